The molecule has 1 heterocycles. The quantitative estimate of drug-likeness (QED) is 0.828. The monoisotopic (exact) mass is 304 g/mol. The van der Waals surface area contributed by atoms with E-state index in [4.69, 9.17) is 17.3 Å². The van der Waals surface area contributed by atoms with Gasteiger partial charge in [0.1, 0.15) is 4.90 Å². The number of anilines is 1. The second kappa shape index (κ2) is 5.66. The molecule has 1 aromatic rings. The molecule has 0 saturated carbocycles. The molecule has 7 heteroatoms. The number of halogens is 1. The van der Waals surface area contributed by atoms with Gasteiger partial charge in [0, 0.05) is 18.3 Å². The van der Waals surface area contributed by atoms with Crippen molar-refractivity contribution in [2.24, 2.45) is 0 Å². The minimum absolute atomic E-state index is 0.00881. The van der Waals surface area contributed by atoms with E-state index in [0.717, 1.165) is 12.8 Å². The zero-order valence-corrected chi connectivity index (χ0v) is 12.0. The zero-order chi connectivity index (χ0) is 14.0. The summed E-state index contributed by atoms with van der Waals surface area (Å²) < 4.78 is 26.5. The summed E-state index contributed by atoms with van der Waals surface area (Å²) in [7, 11) is -3.72. The maximum Gasteiger partial charge on any atom is 0.244 e. The van der Waals surface area contributed by atoms with E-state index in [0.29, 0.717) is 18.7 Å². The van der Waals surface area contributed by atoms with E-state index in [2.05, 4.69) is 0 Å². The standard InChI is InChI=1S/C12H17ClN2O3S/c13-11-5-4-9(14)7-12(11)19(17,18)15-6-2-1-3-10(15)8-16/h4-5,7,10,16H,1-3,6,8,14H2. The molecule has 0 aromatic heterocycles. The lowest BCUT2D eigenvalue weighted by molar-refractivity contribution is 0.155. The maximum atomic E-state index is 12.6. The van der Waals surface area contributed by atoms with Crippen LogP contribution in [0.5, 0.6) is 0 Å². The molecule has 2 rings (SSSR count). The van der Waals surface area contributed by atoms with E-state index in [1.807, 2.05) is 0 Å². The highest BCUT2D eigenvalue weighted by Crippen LogP contribution is 2.30. The summed E-state index contributed by atoms with van der Waals surface area (Å²) in [5.41, 5.74) is 5.98. The van der Waals surface area contributed by atoms with Crippen molar-refractivity contribution in [3.05, 3.63) is 23.2 Å². The number of nitrogens with two attached hydrogens (primary N) is 1. The van der Waals surface area contributed by atoms with Gasteiger partial charge in [-0.25, -0.2) is 8.42 Å². The predicted octanol–water partition coefficient (Wildman–Crippen LogP) is 1.46. The van der Waals surface area contributed by atoms with Gasteiger partial charge in [-0.3, -0.25) is 0 Å². The molecular weight excluding hydrogens is 288 g/mol. The Kier molecular flexibility index (Phi) is 4.35. The van der Waals surface area contributed by atoms with Crippen molar-refractivity contribution < 1.29 is 13.5 Å². The normalized spacial score (nSPS) is 21.5. The number of piperidine rings is 1. The molecule has 5 nitrogen and oxygen atoms in total. The molecule has 1 unspecified atom stereocenters. The Morgan fingerprint density at radius 2 is 2.16 bits per heavy atom. The topological polar surface area (TPSA) is 83.6 Å². The first-order valence-electron chi connectivity index (χ1n) is 6.14. The lowest BCUT2D eigenvalue weighted by atomic mass is 10.1. The molecule has 0 spiro atoms. The van der Waals surface area contributed by atoms with E-state index in [-0.39, 0.29) is 22.6 Å². The molecule has 1 aliphatic heterocycles. The van der Waals surface area contributed by atoms with Crippen LogP contribution in [0.25, 0.3) is 0 Å². The summed E-state index contributed by atoms with van der Waals surface area (Å²) in [5, 5.41) is 9.48. The number of aliphatic hydroxyl groups is 1. The van der Waals surface area contributed by atoms with E-state index < -0.39 is 10.0 Å². The van der Waals surface area contributed by atoms with Crippen LogP contribution in [-0.2, 0) is 10.0 Å². The molecule has 0 radical (unpaired) electrons. The molecule has 1 saturated heterocycles. The first-order valence-corrected chi connectivity index (χ1v) is 7.96. The number of aliphatic hydroxyl groups excluding tert-OH is 1. The van der Waals surface area contributed by atoms with Gasteiger partial charge in [-0.2, -0.15) is 4.31 Å². The van der Waals surface area contributed by atoms with Crippen LogP contribution in [0.1, 0.15) is 19.3 Å². The molecule has 106 valence electrons. The molecule has 1 fully saturated rings. The van der Waals surface area contributed by atoms with Crippen LogP contribution in [0.4, 0.5) is 5.69 Å². The summed E-state index contributed by atoms with van der Waals surface area (Å²) in [5.74, 6) is 0. The average Bonchev–Trinajstić information content (AvgIpc) is 2.41. The van der Waals surface area contributed by atoms with Crippen LogP contribution in [-0.4, -0.2) is 37.0 Å². The maximum absolute atomic E-state index is 12.6. The van der Waals surface area contributed by atoms with Crippen molar-refractivity contribution >= 4 is 27.3 Å². The Morgan fingerprint density at radius 1 is 1.42 bits per heavy atom. The van der Waals surface area contributed by atoms with Gasteiger partial charge in [-0.1, -0.05) is 18.0 Å². The second-order valence-electron chi connectivity index (χ2n) is 4.64. The Hall–Kier alpha value is -0.820. The highest BCUT2D eigenvalue weighted by atomic mass is 35.5. The van der Waals surface area contributed by atoms with Crippen LogP contribution in [0, 0.1) is 0 Å². The average molecular weight is 305 g/mol. The fraction of sp³-hybridized carbons (Fsp3) is 0.500. The Labute approximate surface area is 118 Å². The molecule has 1 aliphatic rings. The highest BCUT2D eigenvalue weighted by Gasteiger charge is 2.34. The summed E-state index contributed by atoms with van der Waals surface area (Å²) >= 11 is 5.97. The number of rotatable bonds is 3. The molecule has 19 heavy (non-hydrogen) atoms. The summed E-state index contributed by atoms with van der Waals surface area (Å²) in [6.45, 7) is 0.220. The Bertz CT molecular complexity index is 562. The Balaban J connectivity index is 2.43. The number of nitrogens with zero attached hydrogens (tertiary/aromatic N) is 1. The van der Waals surface area contributed by atoms with Crippen molar-refractivity contribution in [1.29, 1.82) is 0 Å². The smallest absolute Gasteiger partial charge is 0.244 e. The van der Waals surface area contributed by atoms with Crippen molar-refractivity contribution in [3.63, 3.8) is 0 Å². The molecule has 0 bridgehead atoms. The van der Waals surface area contributed by atoms with Crippen LogP contribution in [0.3, 0.4) is 0 Å². The number of nitrogen functional groups attached to an aromatic ring is 1. The van der Waals surface area contributed by atoms with E-state index in [1.165, 1.54) is 16.4 Å². The SMILES string of the molecule is Nc1ccc(Cl)c(S(=O)(=O)N2CCCCC2CO)c1. The van der Waals surface area contributed by atoms with Crippen LogP contribution >= 0.6 is 11.6 Å². The number of sulfonamides is 1. The van der Waals surface area contributed by atoms with Gasteiger partial charge in [0.05, 0.1) is 11.6 Å². The largest absolute Gasteiger partial charge is 0.399 e. The van der Waals surface area contributed by atoms with Crippen molar-refractivity contribution in [2.75, 3.05) is 18.9 Å². The van der Waals surface area contributed by atoms with Crippen molar-refractivity contribution in [2.45, 2.75) is 30.2 Å². The van der Waals surface area contributed by atoms with Crippen LogP contribution < -0.4 is 5.73 Å². The van der Waals surface area contributed by atoms with Gasteiger partial charge < -0.3 is 10.8 Å². The fourth-order valence-corrected chi connectivity index (χ4v) is 4.51. The molecule has 1 aromatic carbocycles. The van der Waals surface area contributed by atoms with Gasteiger partial charge in [-0.15, -0.1) is 0 Å². The van der Waals surface area contributed by atoms with Gasteiger partial charge in [-0.05, 0) is 31.0 Å². The van der Waals surface area contributed by atoms with Gasteiger partial charge in [0.15, 0.2) is 0 Å². The molecule has 1 atom stereocenters. The third-order valence-electron chi connectivity index (χ3n) is 3.33. The molecule has 0 amide bonds. The Morgan fingerprint density at radius 3 is 2.84 bits per heavy atom. The van der Waals surface area contributed by atoms with E-state index in [1.54, 1.807) is 6.07 Å². The van der Waals surface area contributed by atoms with E-state index in [9.17, 15) is 13.5 Å². The van der Waals surface area contributed by atoms with Crippen LogP contribution in [0.2, 0.25) is 5.02 Å². The fourth-order valence-electron chi connectivity index (χ4n) is 2.32. The lowest BCUT2D eigenvalue weighted by Gasteiger charge is -2.33. The summed E-state index contributed by atoms with van der Waals surface area (Å²) in [6.07, 6.45) is 2.37. The van der Waals surface area contributed by atoms with Gasteiger partial charge in [0.2, 0.25) is 10.0 Å². The number of hydrogen-bond donors (Lipinski definition) is 2. The number of benzene rings is 1. The number of hydrogen-bond acceptors (Lipinski definition) is 4. The highest BCUT2D eigenvalue weighted by molar-refractivity contribution is 7.89. The summed E-state index contributed by atoms with van der Waals surface area (Å²) in [4.78, 5) is 0.00881. The van der Waals surface area contributed by atoms with Crippen LogP contribution in [0.15, 0.2) is 23.1 Å². The molecule has 3 N–H and O–H groups in total. The van der Waals surface area contributed by atoms with Gasteiger partial charge in [0.25, 0.3) is 0 Å². The van der Waals surface area contributed by atoms with Gasteiger partial charge >= 0.3 is 0 Å². The predicted molar refractivity (Wildman–Crippen MR) is 74.5 cm³/mol. The third-order valence-corrected chi connectivity index (χ3v) is 5.76. The minimum Gasteiger partial charge on any atom is -0.399 e. The second-order valence-corrected chi connectivity index (χ2v) is 6.90. The van der Waals surface area contributed by atoms with E-state index >= 15 is 0 Å². The lowest BCUT2D eigenvalue weighted by Crippen LogP contribution is -2.45. The third kappa shape index (κ3) is 2.86. The minimum atomic E-state index is -3.72. The first-order chi connectivity index (χ1) is 8.96. The zero-order valence-electron chi connectivity index (χ0n) is 10.4. The molecular formula is C12H17ClN2O3S. The van der Waals surface area contributed by atoms with Crippen molar-refractivity contribution in [3.8, 4) is 0 Å². The molecule has 0 aliphatic carbocycles. The first kappa shape index (κ1) is 14.6. The summed E-state index contributed by atoms with van der Waals surface area (Å²) in [6, 6.07) is 4.01. The van der Waals surface area contributed by atoms with Crippen molar-refractivity contribution in [1.82, 2.24) is 4.31 Å².